The maximum Gasteiger partial charge on any atom is 0.326 e. The van der Waals surface area contributed by atoms with Crippen LogP contribution < -0.4 is 11.0 Å². The van der Waals surface area contributed by atoms with Gasteiger partial charge in [-0.05, 0) is 20.8 Å². The van der Waals surface area contributed by atoms with Crippen LogP contribution in [0.25, 0.3) is 0 Å². The van der Waals surface area contributed by atoms with Gasteiger partial charge >= 0.3 is 5.69 Å². The van der Waals surface area contributed by atoms with Crippen LogP contribution in [0.1, 0.15) is 20.8 Å². The first-order valence-corrected chi connectivity index (χ1v) is 4.55. The third-order valence-corrected chi connectivity index (χ3v) is 2.14. The molecule has 1 aromatic rings. The average Bonchev–Trinajstić information content (AvgIpc) is 2.52. The Morgan fingerprint density at radius 1 is 1.64 bits per heavy atom. The first-order chi connectivity index (χ1) is 6.50. The molecule has 5 heteroatoms. The zero-order chi connectivity index (χ0) is 10.8. The summed E-state index contributed by atoms with van der Waals surface area (Å²) in [6, 6.07) is 0. The maximum atomic E-state index is 11.6. The highest BCUT2D eigenvalue weighted by Gasteiger charge is 2.30. The Hall–Kier alpha value is -1.52. The quantitative estimate of drug-likeness (QED) is 0.718. The minimum absolute atomic E-state index is 0.165. The van der Waals surface area contributed by atoms with Gasteiger partial charge in [-0.3, -0.25) is 9.36 Å². The molecule has 2 N–H and O–H groups in total. The molecule has 0 aliphatic heterocycles. The molecule has 0 aromatic carbocycles. The van der Waals surface area contributed by atoms with Gasteiger partial charge in [0.2, 0.25) is 5.91 Å². The number of hydrogen-bond acceptors (Lipinski definition) is 2. The Labute approximate surface area is 82.1 Å². The van der Waals surface area contributed by atoms with E-state index in [0.29, 0.717) is 6.54 Å². The molecule has 1 aromatic heterocycles. The van der Waals surface area contributed by atoms with Crippen LogP contribution in [-0.4, -0.2) is 22.0 Å². The highest BCUT2D eigenvalue weighted by Crippen LogP contribution is 2.11. The fraction of sp³-hybridized carbons (Fsp3) is 0.556. The molecule has 5 nitrogen and oxygen atoms in total. The van der Waals surface area contributed by atoms with Crippen LogP contribution >= 0.6 is 0 Å². The van der Waals surface area contributed by atoms with Crippen LogP contribution in [-0.2, 0) is 10.3 Å². The predicted molar refractivity (Wildman–Crippen MR) is 53.1 cm³/mol. The number of carbonyl (C=O) groups excluding carboxylic acids is 1. The van der Waals surface area contributed by atoms with Crippen LogP contribution in [0.2, 0.25) is 0 Å². The fourth-order valence-electron chi connectivity index (χ4n) is 1.25. The molecule has 0 atom stereocenters. The Bertz CT molecular complexity index is 375. The minimum atomic E-state index is -0.854. The number of aromatic nitrogens is 2. The van der Waals surface area contributed by atoms with Crippen LogP contribution in [0.3, 0.4) is 0 Å². The maximum absolute atomic E-state index is 11.6. The second-order valence-electron chi connectivity index (χ2n) is 3.55. The number of aromatic amines is 1. The van der Waals surface area contributed by atoms with Gasteiger partial charge in [0.25, 0.3) is 0 Å². The summed E-state index contributed by atoms with van der Waals surface area (Å²) in [4.78, 5) is 25.4. The summed E-state index contributed by atoms with van der Waals surface area (Å²) in [5.41, 5.74) is -1.13. The second kappa shape index (κ2) is 3.69. The van der Waals surface area contributed by atoms with Gasteiger partial charge in [-0.2, -0.15) is 0 Å². The van der Waals surface area contributed by atoms with Gasteiger partial charge in [0.1, 0.15) is 5.54 Å². The summed E-state index contributed by atoms with van der Waals surface area (Å²) in [6.07, 6.45) is 3.08. The molecule has 1 heterocycles. The smallest absolute Gasteiger partial charge is 0.326 e. The van der Waals surface area contributed by atoms with E-state index < -0.39 is 5.54 Å². The molecule has 0 spiro atoms. The number of nitrogens with zero attached hydrogens (tertiary/aromatic N) is 1. The van der Waals surface area contributed by atoms with Crippen molar-refractivity contribution in [3.63, 3.8) is 0 Å². The van der Waals surface area contributed by atoms with Crippen LogP contribution in [0.5, 0.6) is 0 Å². The minimum Gasteiger partial charge on any atom is -0.354 e. The third-order valence-electron chi connectivity index (χ3n) is 2.14. The largest absolute Gasteiger partial charge is 0.354 e. The lowest BCUT2D eigenvalue weighted by Gasteiger charge is -2.23. The van der Waals surface area contributed by atoms with Crippen molar-refractivity contribution in [1.82, 2.24) is 14.9 Å². The van der Waals surface area contributed by atoms with E-state index in [0.717, 1.165) is 0 Å². The van der Waals surface area contributed by atoms with Crippen molar-refractivity contribution in [3.05, 3.63) is 22.9 Å². The Kier molecular flexibility index (Phi) is 2.78. The first-order valence-electron chi connectivity index (χ1n) is 4.55. The SMILES string of the molecule is CCNC(=O)C(C)(C)n1cc[nH]c1=O. The summed E-state index contributed by atoms with van der Waals surface area (Å²) >= 11 is 0. The lowest BCUT2D eigenvalue weighted by Crippen LogP contribution is -2.47. The summed E-state index contributed by atoms with van der Waals surface area (Å²) in [6.45, 7) is 5.80. The molecule has 0 saturated carbocycles. The fourth-order valence-corrected chi connectivity index (χ4v) is 1.25. The summed E-state index contributed by atoms with van der Waals surface area (Å²) in [5.74, 6) is -0.165. The molecule has 0 aliphatic rings. The van der Waals surface area contributed by atoms with E-state index in [-0.39, 0.29) is 11.6 Å². The molecule has 0 bridgehead atoms. The van der Waals surface area contributed by atoms with Gasteiger partial charge in [-0.15, -0.1) is 0 Å². The number of likely N-dealkylation sites (N-methyl/N-ethyl adjacent to an activating group) is 1. The van der Waals surface area contributed by atoms with Gasteiger partial charge in [0.05, 0.1) is 0 Å². The third kappa shape index (κ3) is 1.71. The van der Waals surface area contributed by atoms with Crippen molar-refractivity contribution < 1.29 is 4.79 Å². The topological polar surface area (TPSA) is 66.9 Å². The highest BCUT2D eigenvalue weighted by molar-refractivity contribution is 5.83. The number of amides is 1. The molecular weight excluding hydrogens is 182 g/mol. The molecule has 14 heavy (non-hydrogen) atoms. The lowest BCUT2D eigenvalue weighted by molar-refractivity contribution is -0.128. The van der Waals surface area contributed by atoms with Gasteiger partial charge < -0.3 is 10.3 Å². The number of nitrogens with one attached hydrogen (secondary N) is 2. The molecule has 0 fully saturated rings. The normalized spacial score (nSPS) is 11.4. The van der Waals surface area contributed by atoms with Gasteiger partial charge in [0.15, 0.2) is 0 Å². The molecule has 1 amide bonds. The molecule has 1 rings (SSSR count). The standard InChI is InChI=1S/C9H15N3O2/c1-4-10-7(13)9(2,3)12-6-5-11-8(12)14/h5-6H,4H2,1-3H3,(H,10,13)(H,11,14). The number of hydrogen-bond donors (Lipinski definition) is 2. The highest BCUT2D eigenvalue weighted by atomic mass is 16.2. The Balaban J connectivity index is 3.02. The zero-order valence-electron chi connectivity index (χ0n) is 8.63. The average molecular weight is 197 g/mol. The van der Waals surface area contributed by atoms with E-state index in [1.54, 1.807) is 20.0 Å². The van der Waals surface area contributed by atoms with E-state index in [2.05, 4.69) is 10.3 Å². The predicted octanol–water partition coefficient (Wildman–Crippen LogP) is 0.0476. The Morgan fingerprint density at radius 2 is 2.29 bits per heavy atom. The van der Waals surface area contributed by atoms with Crippen LogP contribution in [0, 0.1) is 0 Å². The second-order valence-corrected chi connectivity index (χ2v) is 3.55. The van der Waals surface area contributed by atoms with Crippen molar-refractivity contribution in [2.75, 3.05) is 6.54 Å². The molecular formula is C9H15N3O2. The molecule has 0 aliphatic carbocycles. The van der Waals surface area contributed by atoms with E-state index >= 15 is 0 Å². The lowest BCUT2D eigenvalue weighted by atomic mass is 10.0. The van der Waals surface area contributed by atoms with E-state index in [4.69, 9.17) is 0 Å². The summed E-state index contributed by atoms with van der Waals surface area (Å²) in [7, 11) is 0. The zero-order valence-corrected chi connectivity index (χ0v) is 8.63. The first kappa shape index (κ1) is 10.6. The van der Waals surface area contributed by atoms with E-state index in [9.17, 15) is 9.59 Å². The molecule has 78 valence electrons. The number of H-pyrrole nitrogens is 1. The number of rotatable bonds is 3. The van der Waals surface area contributed by atoms with Crippen molar-refractivity contribution in [2.45, 2.75) is 26.3 Å². The van der Waals surface area contributed by atoms with Crippen LogP contribution in [0.4, 0.5) is 0 Å². The number of imidazole rings is 1. The Morgan fingerprint density at radius 3 is 2.71 bits per heavy atom. The van der Waals surface area contributed by atoms with Gasteiger partial charge in [-0.25, -0.2) is 4.79 Å². The van der Waals surface area contributed by atoms with Gasteiger partial charge in [0, 0.05) is 18.9 Å². The summed E-state index contributed by atoms with van der Waals surface area (Å²) < 4.78 is 1.37. The van der Waals surface area contributed by atoms with E-state index in [1.165, 1.54) is 10.8 Å². The monoisotopic (exact) mass is 197 g/mol. The van der Waals surface area contributed by atoms with Gasteiger partial charge in [-0.1, -0.05) is 0 Å². The summed E-state index contributed by atoms with van der Waals surface area (Å²) in [5, 5.41) is 2.69. The van der Waals surface area contributed by atoms with E-state index in [1.807, 2.05) is 6.92 Å². The molecule has 0 radical (unpaired) electrons. The molecule has 0 unspecified atom stereocenters. The van der Waals surface area contributed by atoms with Crippen molar-refractivity contribution in [2.24, 2.45) is 0 Å². The van der Waals surface area contributed by atoms with Crippen molar-refractivity contribution >= 4 is 5.91 Å². The van der Waals surface area contributed by atoms with Crippen molar-refractivity contribution in [3.8, 4) is 0 Å². The van der Waals surface area contributed by atoms with Crippen LogP contribution in [0.15, 0.2) is 17.2 Å². The molecule has 0 saturated heterocycles. The number of carbonyl (C=O) groups is 1. The van der Waals surface area contributed by atoms with Crippen molar-refractivity contribution in [1.29, 1.82) is 0 Å².